The number of carbonyl (C=O) groups is 1. The highest BCUT2D eigenvalue weighted by molar-refractivity contribution is 7.12. The number of carbonyl (C=O) groups excluding carboxylic acids is 1. The predicted molar refractivity (Wildman–Crippen MR) is 87.3 cm³/mol. The van der Waals surface area contributed by atoms with Gasteiger partial charge in [0.2, 0.25) is 0 Å². The van der Waals surface area contributed by atoms with E-state index in [1.54, 1.807) is 0 Å². The Balaban J connectivity index is 2.06. The number of nitrogens with zero attached hydrogens (tertiary/aromatic N) is 2. The molecule has 2 heterocycles. The molecule has 2 aromatic heterocycles. The van der Waals surface area contributed by atoms with Gasteiger partial charge in [0, 0.05) is 6.54 Å². The lowest BCUT2D eigenvalue weighted by atomic mass is 10.2. The van der Waals surface area contributed by atoms with Crippen LogP contribution in [-0.2, 0) is 6.54 Å². The van der Waals surface area contributed by atoms with Crippen molar-refractivity contribution in [1.82, 2.24) is 15.1 Å². The van der Waals surface area contributed by atoms with Crippen molar-refractivity contribution in [3.63, 3.8) is 0 Å². The zero-order valence-corrected chi connectivity index (χ0v) is 14.3. The van der Waals surface area contributed by atoms with Crippen LogP contribution in [0.15, 0.2) is 11.4 Å². The normalized spacial score (nSPS) is 11.1. The minimum atomic E-state index is -0.00801. The van der Waals surface area contributed by atoms with Gasteiger partial charge in [-0.3, -0.25) is 9.48 Å². The Morgan fingerprint density at radius 1 is 1.48 bits per heavy atom. The molecule has 114 valence electrons. The largest absolute Gasteiger partial charge is 0.351 e. The van der Waals surface area contributed by atoms with E-state index in [0.29, 0.717) is 24.0 Å². The van der Waals surface area contributed by atoms with Gasteiger partial charge in [-0.2, -0.15) is 5.10 Å². The molecule has 0 atom stereocenters. The van der Waals surface area contributed by atoms with Crippen molar-refractivity contribution in [2.45, 2.75) is 34.2 Å². The summed E-state index contributed by atoms with van der Waals surface area (Å²) in [6.07, 6.45) is 0. The maximum atomic E-state index is 12.0. The van der Waals surface area contributed by atoms with E-state index in [1.165, 1.54) is 11.3 Å². The molecule has 1 N–H and O–H groups in total. The van der Waals surface area contributed by atoms with E-state index in [0.717, 1.165) is 21.8 Å². The summed E-state index contributed by atoms with van der Waals surface area (Å²) in [7, 11) is 0. The quantitative estimate of drug-likeness (QED) is 0.912. The summed E-state index contributed by atoms with van der Waals surface area (Å²) < 4.78 is 1.87. The number of thiophene rings is 1. The van der Waals surface area contributed by atoms with E-state index in [9.17, 15) is 4.79 Å². The summed E-state index contributed by atoms with van der Waals surface area (Å²) in [6, 6.07) is 1.92. The fraction of sp³-hybridized carbons (Fsp3) is 0.467. The van der Waals surface area contributed by atoms with Crippen LogP contribution in [-0.4, -0.2) is 22.2 Å². The van der Waals surface area contributed by atoms with E-state index < -0.39 is 0 Å². The lowest BCUT2D eigenvalue weighted by Gasteiger charge is -2.05. The van der Waals surface area contributed by atoms with Crippen molar-refractivity contribution in [3.8, 4) is 0 Å². The first-order valence-electron chi connectivity index (χ1n) is 6.93. The van der Waals surface area contributed by atoms with Gasteiger partial charge < -0.3 is 5.32 Å². The third-order valence-corrected chi connectivity index (χ3v) is 4.70. The molecule has 6 heteroatoms. The molecule has 0 aliphatic heterocycles. The standard InChI is InChI=1S/C15H20ClN3OS/c1-9(2)6-17-15(20)13-5-12(8-21-13)7-19-11(4)14(16)10(3)18-19/h5,8-9H,6-7H2,1-4H3,(H,17,20). The summed E-state index contributed by atoms with van der Waals surface area (Å²) in [5, 5.41) is 10.0. The predicted octanol–water partition coefficient (Wildman–Crippen LogP) is 3.65. The van der Waals surface area contributed by atoms with Crippen LogP contribution in [0.4, 0.5) is 0 Å². The molecule has 1 amide bonds. The van der Waals surface area contributed by atoms with Crippen LogP contribution in [0.5, 0.6) is 0 Å². The molecule has 0 saturated heterocycles. The topological polar surface area (TPSA) is 46.9 Å². The Kier molecular flexibility index (Phi) is 5.06. The highest BCUT2D eigenvalue weighted by Gasteiger charge is 2.12. The van der Waals surface area contributed by atoms with Crippen molar-refractivity contribution in [1.29, 1.82) is 0 Å². The Morgan fingerprint density at radius 3 is 2.76 bits per heavy atom. The number of aromatic nitrogens is 2. The molecule has 0 radical (unpaired) electrons. The van der Waals surface area contributed by atoms with Crippen LogP contribution in [0.25, 0.3) is 0 Å². The van der Waals surface area contributed by atoms with Gasteiger partial charge in [-0.05, 0) is 36.8 Å². The smallest absolute Gasteiger partial charge is 0.261 e. The summed E-state index contributed by atoms with van der Waals surface area (Å²) in [6.45, 7) is 9.32. The first-order chi connectivity index (χ1) is 9.88. The minimum Gasteiger partial charge on any atom is -0.351 e. The van der Waals surface area contributed by atoms with Crippen molar-refractivity contribution in [2.75, 3.05) is 6.54 Å². The molecule has 0 fully saturated rings. The monoisotopic (exact) mass is 325 g/mol. The number of hydrogen-bond acceptors (Lipinski definition) is 3. The number of nitrogens with one attached hydrogen (secondary N) is 1. The average Bonchev–Trinajstić information content (AvgIpc) is 2.98. The van der Waals surface area contributed by atoms with Gasteiger partial charge in [0.25, 0.3) is 5.91 Å². The van der Waals surface area contributed by atoms with Crippen molar-refractivity contribution in [3.05, 3.63) is 38.3 Å². The number of halogens is 1. The Morgan fingerprint density at radius 2 is 2.19 bits per heavy atom. The first kappa shape index (κ1) is 16.0. The lowest BCUT2D eigenvalue weighted by Crippen LogP contribution is -2.26. The molecule has 0 saturated carbocycles. The van der Waals surface area contributed by atoms with Gasteiger partial charge in [-0.15, -0.1) is 11.3 Å². The SMILES string of the molecule is Cc1nn(Cc2csc(C(=O)NCC(C)C)c2)c(C)c1Cl. The third kappa shape index (κ3) is 3.86. The summed E-state index contributed by atoms with van der Waals surface area (Å²) in [4.78, 5) is 12.7. The van der Waals surface area contributed by atoms with E-state index in [2.05, 4.69) is 24.3 Å². The molecule has 4 nitrogen and oxygen atoms in total. The maximum absolute atomic E-state index is 12.0. The molecule has 2 aromatic rings. The molecule has 0 bridgehead atoms. The molecular formula is C15H20ClN3OS. The highest BCUT2D eigenvalue weighted by Crippen LogP contribution is 2.21. The fourth-order valence-electron chi connectivity index (χ4n) is 1.96. The van der Waals surface area contributed by atoms with Crippen LogP contribution >= 0.6 is 22.9 Å². The van der Waals surface area contributed by atoms with Crippen molar-refractivity contribution >= 4 is 28.8 Å². The molecule has 0 aromatic carbocycles. The molecule has 2 rings (SSSR count). The summed E-state index contributed by atoms with van der Waals surface area (Å²) >= 11 is 7.61. The minimum absolute atomic E-state index is 0.00801. The van der Waals surface area contributed by atoms with E-state index >= 15 is 0 Å². The second-order valence-electron chi connectivity index (χ2n) is 5.57. The number of amides is 1. The van der Waals surface area contributed by atoms with Gasteiger partial charge in [0.05, 0.1) is 27.8 Å². The molecule has 0 aliphatic carbocycles. The second-order valence-corrected chi connectivity index (χ2v) is 6.85. The third-order valence-electron chi connectivity index (χ3n) is 3.17. The summed E-state index contributed by atoms with van der Waals surface area (Å²) in [5.41, 5.74) is 2.85. The summed E-state index contributed by atoms with van der Waals surface area (Å²) in [5.74, 6) is 0.441. The van der Waals surface area contributed by atoms with E-state index in [-0.39, 0.29) is 5.91 Å². The second kappa shape index (κ2) is 6.62. The van der Waals surface area contributed by atoms with Crippen LogP contribution in [0.3, 0.4) is 0 Å². The molecule has 0 spiro atoms. The fourth-order valence-corrected chi connectivity index (χ4v) is 2.92. The van der Waals surface area contributed by atoms with Crippen molar-refractivity contribution < 1.29 is 4.79 Å². The van der Waals surface area contributed by atoms with E-state index in [1.807, 2.05) is 30.0 Å². The van der Waals surface area contributed by atoms with Crippen LogP contribution in [0.2, 0.25) is 5.02 Å². The lowest BCUT2D eigenvalue weighted by molar-refractivity contribution is 0.0953. The van der Waals surface area contributed by atoms with Gasteiger partial charge >= 0.3 is 0 Å². The zero-order chi connectivity index (χ0) is 15.6. The molecule has 0 aliphatic rings. The first-order valence-corrected chi connectivity index (χ1v) is 8.19. The highest BCUT2D eigenvalue weighted by atomic mass is 35.5. The maximum Gasteiger partial charge on any atom is 0.261 e. The number of hydrogen-bond donors (Lipinski definition) is 1. The number of aryl methyl sites for hydroxylation is 1. The average molecular weight is 326 g/mol. The Labute approximate surface area is 134 Å². The number of rotatable bonds is 5. The molecule has 21 heavy (non-hydrogen) atoms. The van der Waals surface area contributed by atoms with Gasteiger partial charge in [0.15, 0.2) is 0 Å². The Bertz CT molecular complexity index is 645. The van der Waals surface area contributed by atoms with E-state index in [4.69, 9.17) is 11.6 Å². The molecule has 0 unspecified atom stereocenters. The van der Waals surface area contributed by atoms with Crippen LogP contribution < -0.4 is 5.32 Å². The van der Waals surface area contributed by atoms with Gasteiger partial charge in [-0.25, -0.2) is 0 Å². The Hall–Kier alpha value is -1.33. The van der Waals surface area contributed by atoms with Gasteiger partial charge in [-0.1, -0.05) is 25.4 Å². The zero-order valence-electron chi connectivity index (χ0n) is 12.7. The molecular weight excluding hydrogens is 306 g/mol. The van der Waals surface area contributed by atoms with Crippen LogP contribution in [0.1, 0.15) is 40.5 Å². The van der Waals surface area contributed by atoms with Crippen molar-refractivity contribution in [2.24, 2.45) is 5.92 Å². The van der Waals surface area contributed by atoms with Crippen LogP contribution in [0, 0.1) is 19.8 Å². The van der Waals surface area contributed by atoms with Gasteiger partial charge in [0.1, 0.15) is 0 Å².